The van der Waals surface area contributed by atoms with E-state index in [1.54, 1.807) is 34.6 Å². The molecule has 0 saturated carbocycles. The van der Waals surface area contributed by atoms with Crippen LogP contribution in [0.4, 0.5) is 5.69 Å². The Bertz CT molecular complexity index is 1320. The Labute approximate surface area is 248 Å². The molecular weight excluding hydrogens is 592 g/mol. The van der Waals surface area contributed by atoms with Crippen LogP contribution in [0.15, 0.2) is 61.2 Å². The van der Waals surface area contributed by atoms with Gasteiger partial charge in [-0.05, 0) is 49.9 Å². The minimum absolute atomic E-state index is 0.0657. The maximum Gasteiger partial charge on any atom is 0.310 e. The third kappa shape index (κ3) is 4.50. The summed E-state index contributed by atoms with van der Waals surface area (Å²) in [7, 11) is 0. The van der Waals surface area contributed by atoms with Gasteiger partial charge in [0.25, 0.3) is 5.91 Å². The number of aliphatic hydroxyl groups is 1. The van der Waals surface area contributed by atoms with Crippen LogP contribution in [0.1, 0.15) is 36.1 Å². The Morgan fingerprint density at radius 3 is 2.65 bits per heavy atom. The Morgan fingerprint density at radius 2 is 2.00 bits per heavy atom. The number of thioether (sulfide) groups is 1. The molecule has 9 heteroatoms. The van der Waals surface area contributed by atoms with E-state index in [9.17, 15) is 19.5 Å². The molecule has 0 radical (unpaired) electrons. The molecule has 2 aromatic carbocycles. The van der Waals surface area contributed by atoms with Crippen LogP contribution in [0.5, 0.6) is 0 Å². The molecule has 40 heavy (non-hydrogen) atoms. The minimum atomic E-state index is -0.906. The van der Waals surface area contributed by atoms with Crippen molar-refractivity contribution in [1.29, 1.82) is 0 Å². The first-order valence-electron chi connectivity index (χ1n) is 13.7. The maximum atomic E-state index is 14.9. The van der Waals surface area contributed by atoms with E-state index < -0.39 is 34.6 Å². The number of ether oxygens (including phenoxy) is 1. The lowest BCUT2D eigenvalue weighted by molar-refractivity contribution is -0.154. The quantitative estimate of drug-likeness (QED) is 0.249. The van der Waals surface area contributed by atoms with Crippen molar-refractivity contribution in [1.82, 2.24) is 4.90 Å². The van der Waals surface area contributed by atoms with Crippen LogP contribution in [0.3, 0.4) is 0 Å². The summed E-state index contributed by atoms with van der Waals surface area (Å²) in [6, 6.07) is 13.6. The number of hydrogen-bond donors (Lipinski definition) is 1. The third-order valence-corrected chi connectivity index (χ3v) is 11.7. The number of esters is 1. The van der Waals surface area contributed by atoms with E-state index in [0.717, 1.165) is 22.4 Å². The molecule has 7 atom stereocenters. The van der Waals surface area contributed by atoms with Gasteiger partial charge >= 0.3 is 5.97 Å². The molecule has 2 bridgehead atoms. The zero-order valence-corrected chi connectivity index (χ0v) is 25.4. The van der Waals surface area contributed by atoms with Crippen molar-refractivity contribution in [2.75, 3.05) is 24.7 Å². The van der Waals surface area contributed by atoms with Crippen LogP contribution in [-0.2, 0) is 19.1 Å². The molecule has 1 spiro atoms. The first-order chi connectivity index (χ1) is 19.2. The SMILES string of the molecule is C=CCN(C(=O)C1N([C@H](CO)c2ccccc2)C(=O)[C@@H]2[C@H](C(=O)OCC)[C@H]3SC12CC3Br)c1cc(C)ccc1C. The second kappa shape index (κ2) is 11.3. The average molecular weight is 628 g/mol. The number of aliphatic hydroxyl groups excluding tert-OH is 1. The second-order valence-electron chi connectivity index (χ2n) is 10.8. The van der Waals surface area contributed by atoms with Gasteiger partial charge in [0.15, 0.2) is 0 Å². The van der Waals surface area contributed by atoms with E-state index >= 15 is 0 Å². The molecule has 0 aliphatic carbocycles. The number of nitrogens with zero attached hydrogens (tertiary/aromatic N) is 2. The number of rotatable bonds is 9. The number of likely N-dealkylation sites (tertiary alicyclic amines) is 1. The smallest absolute Gasteiger partial charge is 0.310 e. The first-order valence-corrected chi connectivity index (χ1v) is 15.5. The van der Waals surface area contributed by atoms with Crippen molar-refractivity contribution in [3.63, 3.8) is 0 Å². The number of fused-ring (bicyclic) bond motifs is 1. The number of halogens is 1. The molecule has 3 saturated heterocycles. The lowest BCUT2D eigenvalue weighted by atomic mass is 9.71. The molecule has 3 unspecified atom stereocenters. The van der Waals surface area contributed by atoms with Gasteiger partial charge < -0.3 is 19.6 Å². The summed E-state index contributed by atoms with van der Waals surface area (Å²) in [5.74, 6) is -2.34. The highest BCUT2D eigenvalue weighted by Gasteiger charge is 2.76. The fraction of sp³-hybridized carbons (Fsp3) is 0.452. The van der Waals surface area contributed by atoms with Crippen LogP contribution < -0.4 is 4.90 Å². The van der Waals surface area contributed by atoms with Gasteiger partial charge in [-0.25, -0.2) is 0 Å². The van der Waals surface area contributed by atoms with Crippen LogP contribution in [0.2, 0.25) is 0 Å². The van der Waals surface area contributed by atoms with Crippen molar-refractivity contribution < 1.29 is 24.2 Å². The summed E-state index contributed by atoms with van der Waals surface area (Å²) in [4.78, 5) is 45.9. The number of anilines is 1. The number of benzene rings is 2. The first kappa shape index (κ1) is 28.9. The Morgan fingerprint density at radius 1 is 1.27 bits per heavy atom. The standard InChI is InChI=1S/C31H35BrN2O5S/c1-5-14-33(22-15-18(3)12-13-19(22)4)29(37)27-31-16-21(32)26(40-31)24(30(38)39-6-2)25(31)28(36)34(27)23(17-35)20-10-8-7-9-11-20/h5,7-13,15,21,23-27,35H,1,6,14,16-17H2,2-4H3/t21?,23-,24+,25+,26+,27?,31?/m1/s1. The summed E-state index contributed by atoms with van der Waals surface area (Å²) in [6.45, 7) is 9.71. The summed E-state index contributed by atoms with van der Waals surface area (Å²) >= 11 is 5.35. The summed E-state index contributed by atoms with van der Waals surface area (Å²) in [5.41, 5.74) is 3.43. The number of carbonyl (C=O) groups excluding carboxylic acids is 3. The number of alkyl halides is 1. The van der Waals surface area contributed by atoms with E-state index in [4.69, 9.17) is 4.74 Å². The summed E-state index contributed by atoms with van der Waals surface area (Å²) in [5, 5.41) is 10.5. The van der Waals surface area contributed by atoms with Crippen LogP contribution in [-0.4, -0.2) is 68.4 Å². The van der Waals surface area contributed by atoms with Gasteiger partial charge in [-0.3, -0.25) is 14.4 Å². The van der Waals surface area contributed by atoms with Crippen molar-refractivity contribution >= 4 is 51.2 Å². The highest BCUT2D eigenvalue weighted by molar-refractivity contribution is 9.09. The highest BCUT2D eigenvalue weighted by atomic mass is 79.9. The number of carbonyl (C=O) groups is 3. The molecule has 3 aliphatic heterocycles. The van der Waals surface area contributed by atoms with Crippen molar-refractivity contribution in [2.45, 2.75) is 54.1 Å². The van der Waals surface area contributed by atoms with E-state index in [2.05, 4.69) is 22.5 Å². The molecule has 3 heterocycles. The van der Waals surface area contributed by atoms with Crippen molar-refractivity contribution in [2.24, 2.45) is 11.8 Å². The lowest BCUT2D eigenvalue weighted by Crippen LogP contribution is -2.56. The predicted octanol–water partition coefficient (Wildman–Crippen LogP) is 4.58. The fourth-order valence-electron chi connectivity index (χ4n) is 6.81. The van der Waals surface area contributed by atoms with Gasteiger partial charge in [0, 0.05) is 22.3 Å². The Hall–Kier alpha value is -2.62. The molecule has 1 N–H and O–H groups in total. The zero-order valence-electron chi connectivity index (χ0n) is 23.0. The molecular formula is C31H35BrN2O5S. The Balaban J connectivity index is 1.69. The van der Waals surface area contributed by atoms with Crippen molar-refractivity contribution in [3.8, 4) is 0 Å². The predicted molar refractivity (Wildman–Crippen MR) is 160 cm³/mol. The topological polar surface area (TPSA) is 87.2 Å². The molecule has 5 rings (SSSR count). The Kier molecular flexibility index (Phi) is 8.19. The average Bonchev–Trinajstić information content (AvgIpc) is 3.53. The molecule has 3 aliphatic rings. The van der Waals surface area contributed by atoms with Gasteiger partial charge in [0.2, 0.25) is 5.91 Å². The summed E-state index contributed by atoms with van der Waals surface area (Å²) < 4.78 is 4.61. The van der Waals surface area contributed by atoms with E-state index in [0.29, 0.717) is 6.42 Å². The molecule has 7 nitrogen and oxygen atoms in total. The highest BCUT2D eigenvalue weighted by Crippen LogP contribution is 2.68. The van der Waals surface area contributed by atoms with Crippen molar-refractivity contribution in [3.05, 3.63) is 77.9 Å². The lowest BCUT2D eigenvalue weighted by Gasteiger charge is -2.40. The van der Waals surface area contributed by atoms with Gasteiger partial charge in [0.05, 0.1) is 35.8 Å². The third-order valence-electron chi connectivity index (χ3n) is 8.45. The van der Waals surface area contributed by atoms with Crippen LogP contribution >= 0.6 is 27.7 Å². The number of hydrogen-bond acceptors (Lipinski definition) is 6. The van der Waals surface area contributed by atoms with E-state index in [1.165, 1.54) is 0 Å². The normalized spacial score (nSPS) is 29.3. The van der Waals surface area contributed by atoms with Crippen LogP contribution in [0.25, 0.3) is 0 Å². The van der Waals surface area contributed by atoms with E-state index in [1.807, 2.05) is 62.4 Å². The van der Waals surface area contributed by atoms with Gasteiger partial charge in [-0.2, -0.15) is 0 Å². The van der Waals surface area contributed by atoms with Gasteiger partial charge in [-0.15, -0.1) is 18.3 Å². The van der Waals surface area contributed by atoms with Crippen LogP contribution in [0, 0.1) is 25.7 Å². The second-order valence-corrected chi connectivity index (χ2v) is 13.5. The monoisotopic (exact) mass is 626 g/mol. The fourth-order valence-corrected chi connectivity index (χ4v) is 10.4. The van der Waals surface area contributed by atoms with E-state index in [-0.39, 0.29) is 41.6 Å². The zero-order chi connectivity index (χ0) is 28.8. The largest absolute Gasteiger partial charge is 0.466 e. The minimum Gasteiger partial charge on any atom is -0.466 e. The number of amides is 2. The van der Waals surface area contributed by atoms with Gasteiger partial charge in [-0.1, -0.05) is 64.5 Å². The summed E-state index contributed by atoms with van der Waals surface area (Å²) in [6.07, 6.45) is 2.23. The maximum absolute atomic E-state index is 14.9. The molecule has 0 aromatic heterocycles. The molecule has 2 amide bonds. The molecule has 212 valence electrons. The molecule has 2 aromatic rings. The van der Waals surface area contributed by atoms with Gasteiger partial charge in [0.1, 0.15) is 6.04 Å². The number of aryl methyl sites for hydroxylation is 2. The molecule has 3 fully saturated rings.